The SMILES string of the molecule is CCC(C)(CC)C(=O)/C=C(\O)C(C)(CC)CC.Cc1cc2c(-c3ccc(CC(C)C)c4occc34)cc(-c3[c-]c4ccccc4c(C(C)(C)C)c3)nc2s1.[Ir]. The molecular formula is C49H60IrNO3S-. The molecular weight excluding hydrogens is 875 g/mol. The molecule has 295 valence electrons. The first-order valence-corrected chi connectivity index (χ1v) is 20.6. The van der Waals surface area contributed by atoms with Crippen LogP contribution in [0.3, 0.4) is 0 Å². The largest absolute Gasteiger partial charge is 0.512 e. The first kappa shape index (κ1) is 44.1. The number of carbonyl (C=O) groups is 1. The van der Waals surface area contributed by atoms with Crippen molar-refractivity contribution in [3.05, 3.63) is 101 Å². The van der Waals surface area contributed by atoms with Gasteiger partial charge in [-0.05, 0) is 79.2 Å². The molecule has 6 aromatic rings. The first-order chi connectivity index (χ1) is 25.5. The molecule has 0 bridgehead atoms. The average Bonchev–Trinajstić information content (AvgIpc) is 3.80. The Labute approximate surface area is 347 Å². The van der Waals surface area contributed by atoms with Gasteiger partial charge in [-0.25, -0.2) is 0 Å². The van der Waals surface area contributed by atoms with Crippen LogP contribution in [0.4, 0.5) is 0 Å². The molecule has 0 fully saturated rings. The van der Waals surface area contributed by atoms with Crippen molar-refractivity contribution in [2.75, 3.05) is 0 Å². The van der Waals surface area contributed by atoms with Gasteiger partial charge in [0.15, 0.2) is 5.78 Å². The van der Waals surface area contributed by atoms with Gasteiger partial charge >= 0.3 is 0 Å². The Balaban J connectivity index is 0.000000320. The van der Waals surface area contributed by atoms with Crippen LogP contribution in [0.2, 0.25) is 0 Å². The summed E-state index contributed by atoms with van der Waals surface area (Å²) in [5, 5.41) is 14.9. The van der Waals surface area contributed by atoms with E-state index < -0.39 is 0 Å². The Morgan fingerprint density at radius 1 is 0.855 bits per heavy atom. The number of carbonyl (C=O) groups excluding carboxylic acids is 1. The van der Waals surface area contributed by atoms with Crippen LogP contribution in [0.1, 0.15) is 118 Å². The fourth-order valence-electron chi connectivity index (χ4n) is 7.12. The molecule has 0 spiro atoms. The topological polar surface area (TPSA) is 63.3 Å². The van der Waals surface area contributed by atoms with E-state index in [0.717, 1.165) is 59.2 Å². The standard InChI is InChI=1S/C34H32NOS.C15H28O2.Ir/c1-20(2)15-23-11-12-26(27-13-14-36-32(23)27)28-19-31(35-33-29(28)16-21(3)37-33)24-17-22-9-7-8-10-25(22)30(18-24)34(4,5)6;1-7-14(5,8-2)12(16)11-13(17)15(6,9-3)10-4;/h7-14,16,18-20H,15H2,1-6H3;11,16H,7-10H2,1-6H3;/q-1;;/b;12-11-;. The summed E-state index contributed by atoms with van der Waals surface area (Å²) in [5.41, 5.74) is 7.38. The number of furan rings is 1. The molecule has 0 atom stereocenters. The number of aryl methyl sites for hydroxylation is 1. The van der Waals surface area contributed by atoms with Crippen LogP contribution in [0.15, 0.2) is 83.2 Å². The molecule has 0 saturated heterocycles. The molecule has 6 rings (SSSR count). The van der Waals surface area contributed by atoms with Crippen LogP contribution < -0.4 is 0 Å². The minimum atomic E-state index is -0.337. The first-order valence-electron chi connectivity index (χ1n) is 19.8. The molecule has 1 radical (unpaired) electrons. The van der Waals surface area contributed by atoms with Gasteiger partial charge in [0, 0.05) is 58.4 Å². The number of aliphatic hydroxyl groups excluding tert-OH is 1. The quantitative estimate of drug-likeness (QED) is 0.0799. The van der Waals surface area contributed by atoms with Crippen molar-refractivity contribution in [3.63, 3.8) is 0 Å². The molecule has 55 heavy (non-hydrogen) atoms. The van der Waals surface area contributed by atoms with Crippen molar-refractivity contribution < 1.29 is 34.4 Å². The van der Waals surface area contributed by atoms with Gasteiger partial charge in [-0.15, -0.1) is 40.5 Å². The summed E-state index contributed by atoms with van der Waals surface area (Å²) >= 11 is 1.75. The van der Waals surface area contributed by atoms with Gasteiger partial charge in [0.25, 0.3) is 0 Å². The smallest absolute Gasteiger partial charge is 0.164 e. The summed E-state index contributed by atoms with van der Waals surface area (Å²) < 4.78 is 6.03. The molecule has 1 N–H and O–H groups in total. The number of aromatic nitrogens is 1. The zero-order chi connectivity index (χ0) is 39.6. The number of rotatable bonds is 11. The van der Waals surface area contributed by atoms with Crippen molar-refractivity contribution in [1.29, 1.82) is 0 Å². The third-order valence-corrected chi connectivity index (χ3v) is 12.7. The van der Waals surface area contributed by atoms with E-state index in [1.165, 1.54) is 49.4 Å². The summed E-state index contributed by atoms with van der Waals surface area (Å²) in [5.74, 6) is 0.854. The Bertz CT molecular complexity index is 2290. The number of ketones is 1. The monoisotopic (exact) mass is 935 g/mol. The molecule has 0 aliphatic heterocycles. The molecule has 0 aliphatic rings. The van der Waals surface area contributed by atoms with E-state index in [1.807, 2.05) is 47.8 Å². The summed E-state index contributed by atoms with van der Waals surface area (Å²) in [4.78, 5) is 19.7. The number of fused-ring (bicyclic) bond motifs is 3. The molecule has 0 unspecified atom stereocenters. The molecule has 3 aromatic heterocycles. The Morgan fingerprint density at radius 3 is 2.13 bits per heavy atom. The Kier molecular flexibility index (Phi) is 14.2. The predicted octanol–water partition coefficient (Wildman–Crippen LogP) is 14.8. The van der Waals surface area contributed by atoms with Crippen LogP contribution in [-0.4, -0.2) is 15.9 Å². The third kappa shape index (κ3) is 9.36. The number of allylic oxidation sites excluding steroid dienone is 2. The maximum Gasteiger partial charge on any atom is 0.164 e. The summed E-state index contributed by atoms with van der Waals surface area (Å²) in [6, 6.07) is 25.7. The maximum absolute atomic E-state index is 12.2. The molecule has 3 heterocycles. The van der Waals surface area contributed by atoms with Crippen LogP contribution in [0.5, 0.6) is 0 Å². The van der Waals surface area contributed by atoms with Gasteiger partial charge in [0.1, 0.15) is 16.2 Å². The number of hydrogen-bond donors (Lipinski definition) is 1. The molecule has 0 amide bonds. The maximum atomic E-state index is 12.2. The molecule has 0 saturated carbocycles. The molecule has 4 nitrogen and oxygen atoms in total. The number of thiophene rings is 1. The zero-order valence-corrected chi connectivity index (χ0v) is 38.2. The van der Waals surface area contributed by atoms with E-state index in [-0.39, 0.29) is 47.9 Å². The van der Waals surface area contributed by atoms with Gasteiger partial charge in [0.05, 0.1) is 6.26 Å². The fourth-order valence-corrected chi connectivity index (χ4v) is 8.03. The van der Waals surface area contributed by atoms with Gasteiger partial charge in [0.2, 0.25) is 0 Å². The second-order valence-corrected chi connectivity index (χ2v) is 18.2. The van der Waals surface area contributed by atoms with Crippen molar-refractivity contribution in [2.45, 2.75) is 121 Å². The van der Waals surface area contributed by atoms with Crippen LogP contribution >= 0.6 is 11.3 Å². The minimum absolute atomic E-state index is 0. The van der Waals surface area contributed by atoms with Crippen molar-refractivity contribution in [1.82, 2.24) is 4.98 Å². The van der Waals surface area contributed by atoms with E-state index in [2.05, 4.69) is 108 Å². The minimum Gasteiger partial charge on any atom is -0.512 e. The average molecular weight is 935 g/mol. The molecule has 0 aliphatic carbocycles. The summed E-state index contributed by atoms with van der Waals surface area (Å²) in [6.07, 6.45) is 7.58. The van der Waals surface area contributed by atoms with E-state index in [1.54, 1.807) is 11.3 Å². The van der Waals surface area contributed by atoms with Gasteiger partial charge in [-0.2, -0.15) is 0 Å². The van der Waals surface area contributed by atoms with Crippen molar-refractivity contribution >= 4 is 49.1 Å². The number of nitrogens with zero attached hydrogens (tertiary/aromatic N) is 1. The van der Waals surface area contributed by atoms with E-state index in [4.69, 9.17) is 9.40 Å². The van der Waals surface area contributed by atoms with Crippen molar-refractivity contribution in [3.8, 4) is 22.4 Å². The number of pyridine rings is 1. The van der Waals surface area contributed by atoms with E-state index in [9.17, 15) is 9.90 Å². The fraction of sp³-hybridized carbons (Fsp3) is 0.429. The van der Waals surface area contributed by atoms with Gasteiger partial charge < -0.3 is 9.52 Å². The van der Waals surface area contributed by atoms with Crippen LogP contribution in [0, 0.1) is 29.7 Å². The Hall–Kier alpha value is -3.57. The van der Waals surface area contributed by atoms with E-state index >= 15 is 0 Å². The van der Waals surface area contributed by atoms with Gasteiger partial charge in [-0.3, -0.25) is 9.78 Å². The Morgan fingerprint density at radius 2 is 1.51 bits per heavy atom. The normalized spacial score (nSPS) is 12.6. The van der Waals surface area contributed by atoms with Gasteiger partial charge in [-0.1, -0.05) is 124 Å². The zero-order valence-electron chi connectivity index (χ0n) is 35.0. The predicted molar refractivity (Wildman–Crippen MR) is 232 cm³/mol. The van der Waals surface area contributed by atoms with Crippen LogP contribution in [0.25, 0.3) is 54.3 Å². The van der Waals surface area contributed by atoms with Crippen LogP contribution in [-0.2, 0) is 36.7 Å². The number of benzene rings is 3. The van der Waals surface area contributed by atoms with E-state index in [0.29, 0.717) is 5.92 Å². The summed E-state index contributed by atoms with van der Waals surface area (Å²) in [6.45, 7) is 25.6. The van der Waals surface area contributed by atoms with Crippen molar-refractivity contribution in [2.24, 2.45) is 16.7 Å². The summed E-state index contributed by atoms with van der Waals surface area (Å²) in [7, 11) is 0. The molecule has 3 aromatic carbocycles. The number of hydrogen-bond acceptors (Lipinski definition) is 5. The third-order valence-electron chi connectivity index (χ3n) is 11.7. The molecule has 6 heteroatoms. The second kappa shape index (κ2) is 17.7. The number of aliphatic hydroxyl groups is 1. The second-order valence-electron chi connectivity index (χ2n) is 17.0.